The van der Waals surface area contributed by atoms with E-state index in [0.717, 1.165) is 42.7 Å². The van der Waals surface area contributed by atoms with Gasteiger partial charge in [0.05, 0.1) is 10.6 Å². The first kappa shape index (κ1) is 31.6. The van der Waals surface area contributed by atoms with Crippen molar-refractivity contribution in [3.05, 3.63) is 51.5 Å². The zero-order valence-corrected chi connectivity index (χ0v) is 24.6. The van der Waals surface area contributed by atoms with Crippen LogP contribution in [-0.4, -0.2) is 95.7 Å². The number of hydrogen-bond acceptors (Lipinski definition) is 8. The number of piperidine rings is 1. The first-order chi connectivity index (χ1) is 20.4. The Bertz CT molecular complexity index is 1370. The Morgan fingerprint density at radius 3 is 2.53 bits per heavy atom. The van der Waals surface area contributed by atoms with E-state index in [2.05, 4.69) is 9.64 Å². The Morgan fingerprint density at radius 1 is 1.12 bits per heavy atom. The van der Waals surface area contributed by atoms with Gasteiger partial charge < -0.3 is 34.2 Å². The van der Waals surface area contributed by atoms with E-state index in [0.29, 0.717) is 31.1 Å². The van der Waals surface area contributed by atoms with Crippen LogP contribution in [0.15, 0.2) is 30.3 Å². The molecule has 0 aromatic heterocycles. The molecule has 14 heteroatoms. The highest BCUT2D eigenvalue weighted by Crippen LogP contribution is 2.42. The van der Waals surface area contributed by atoms with E-state index < -0.39 is 34.9 Å². The van der Waals surface area contributed by atoms with Crippen LogP contribution >= 0.6 is 23.2 Å². The minimum atomic E-state index is -5.27. The molecule has 2 aromatic rings. The minimum absolute atomic E-state index is 0.0689. The maximum atomic E-state index is 13.3. The van der Waals surface area contributed by atoms with Gasteiger partial charge in [0, 0.05) is 75.6 Å². The molecule has 1 amide bonds. The highest BCUT2D eigenvalue weighted by molar-refractivity contribution is 6.32. The molecule has 0 radical (unpaired) electrons. The van der Waals surface area contributed by atoms with Crippen molar-refractivity contribution in [2.24, 2.45) is 5.92 Å². The number of benzene rings is 2. The molecule has 2 N–H and O–H groups in total. The molecule has 0 saturated carbocycles. The van der Waals surface area contributed by atoms with Gasteiger partial charge in [0.25, 0.3) is 5.91 Å². The summed E-state index contributed by atoms with van der Waals surface area (Å²) in [5.41, 5.74) is 0.683. The second-order valence-corrected chi connectivity index (χ2v) is 12.1. The molecule has 3 aliphatic heterocycles. The highest BCUT2D eigenvalue weighted by atomic mass is 35.5. The Balaban J connectivity index is 1.23. The van der Waals surface area contributed by atoms with Crippen molar-refractivity contribution in [1.29, 1.82) is 0 Å². The van der Waals surface area contributed by atoms with Gasteiger partial charge in [0.2, 0.25) is 0 Å². The molecule has 0 unspecified atom stereocenters. The second kappa shape index (κ2) is 12.7. The smallest absolute Gasteiger partial charge is 0.490 e. The zero-order chi connectivity index (χ0) is 30.9. The Hall–Kier alpha value is -2.77. The molecule has 2 aromatic carbocycles. The van der Waals surface area contributed by atoms with Gasteiger partial charge in [0.15, 0.2) is 5.75 Å². The van der Waals surface area contributed by atoms with Crippen molar-refractivity contribution in [2.45, 2.75) is 43.6 Å². The van der Waals surface area contributed by atoms with E-state index in [-0.39, 0.29) is 49.1 Å². The zero-order valence-electron chi connectivity index (χ0n) is 23.0. The van der Waals surface area contributed by atoms with E-state index in [1.54, 1.807) is 6.07 Å². The van der Waals surface area contributed by atoms with Gasteiger partial charge in [-0.05, 0) is 36.2 Å². The summed E-state index contributed by atoms with van der Waals surface area (Å²) in [6.45, 7) is 1.79. The number of esters is 1. The first-order valence-electron chi connectivity index (χ1n) is 13.9. The van der Waals surface area contributed by atoms with Gasteiger partial charge >= 0.3 is 12.1 Å². The average molecular weight is 647 g/mol. The Morgan fingerprint density at radius 2 is 1.86 bits per heavy atom. The summed E-state index contributed by atoms with van der Waals surface area (Å²) >= 11 is 12.2. The van der Waals surface area contributed by atoms with E-state index in [4.69, 9.17) is 32.7 Å². The van der Waals surface area contributed by atoms with Crippen LogP contribution in [0.25, 0.3) is 0 Å². The van der Waals surface area contributed by atoms with Crippen LogP contribution in [0.3, 0.4) is 0 Å². The summed E-state index contributed by atoms with van der Waals surface area (Å²) in [6.07, 6.45) is -3.47. The molecule has 0 bridgehead atoms. The molecule has 2 atom stereocenters. The van der Waals surface area contributed by atoms with Gasteiger partial charge in [-0.25, -0.2) is 4.79 Å². The summed E-state index contributed by atoms with van der Waals surface area (Å²) < 4.78 is 54.9. The largest absolute Gasteiger partial charge is 0.491 e. The second-order valence-electron chi connectivity index (χ2n) is 11.2. The number of halogens is 5. The number of hydrogen-bond donors (Lipinski definition) is 2. The van der Waals surface area contributed by atoms with Gasteiger partial charge in [-0.15, -0.1) is 0 Å². The van der Waals surface area contributed by atoms with Crippen molar-refractivity contribution in [3.63, 3.8) is 0 Å². The van der Waals surface area contributed by atoms with Crippen molar-refractivity contribution in [2.75, 3.05) is 45.9 Å². The lowest BCUT2D eigenvalue weighted by molar-refractivity contribution is -0.189. The van der Waals surface area contributed by atoms with Crippen LogP contribution in [0, 0.1) is 5.92 Å². The fourth-order valence-electron chi connectivity index (χ4n) is 5.75. The third-order valence-electron chi connectivity index (χ3n) is 8.06. The fourth-order valence-corrected chi connectivity index (χ4v) is 6.15. The van der Waals surface area contributed by atoms with Crippen molar-refractivity contribution in [1.82, 2.24) is 9.80 Å². The summed E-state index contributed by atoms with van der Waals surface area (Å²) in [4.78, 5) is 28.3. The van der Waals surface area contributed by atoms with Gasteiger partial charge in [-0.2, -0.15) is 13.2 Å². The molecule has 43 heavy (non-hydrogen) atoms. The van der Waals surface area contributed by atoms with Crippen LogP contribution in [0.2, 0.25) is 10.0 Å². The van der Waals surface area contributed by atoms with Crippen LogP contribution in [-0.2, 0) is 11.2 Å². The molecular formula is C29H31Cl2F3N2O7. The number of fused-ring (bicyclic) bond motifs is 1. The molecule has 3 aliphatic rings. The standard InChI is InChI=1S/C29H31Cl2F3N2O7/c30-19-1-2-23-18(9-19)12-28(43-23)4-7-35(8-5-28)14-20(38)16-41-24-11-25(42-27(40)29(32,33)34)22(31)10-21(24)26(39)36-6-3-17(13-36)15-37/h1-2,9-11,17,20,37-38H,3-8,12-16H2/t17-,20+/m1/s1. The van der Waals surface area contributed by atoms with Gasteiger partial charge in [-0.1, -0.05) is 23.2 Å². The van der Waals surface area contributed by atoms with Crippen molar-refractivity contribution >= 4 is 35.1 Å². The van der Waals surface area contributed by atoms with Crippen LogP contribution in [0.5, 0.6) is 17.2 Å². The minimum Gasteiger partial charge on any atom is -0.490 e. The fraction of sp³-hybridized carbons (Fsp3) is 0.517. The van der Waals surface area contributed by atoms with Gasteiger partial charge in [-0.3, -0.25) is 4.79 Å². The normalized spacial score (nSPS) is 20.5. The number of β-amino-alcohol motifs (C(OH)–C–C–N with tert-alkyl or cyclic N) is 1. The highest BCUT2D eigenvalue weighted by Gasteiger charge is 2.43. The quantitative estimate of drug-likeness (QED) is 0.326. The molecule has 9 nitrogen and oxygen atoms in total. The van der Waals surface area contributed by atoms with Crippen LogP contribution in [0.4, 0.5) is 13.2 Å². The van der Waals surface area contributed by atoms with E-state index >= 15 is 0 Å². The number of aliphatic hydroxyl groups is 2. The summed E-state index contributed by atoms with van der Waals surface area (Å²) in [6, 6.07) is 7.61. The molecule has 234 valence electrons. The van der Waals surface area contributed by atoms with Crippen LogP contribution < -0.4 is 14.2 Å². The lowest BCUT2D eigenvalue weighted by Crippen LogP contribution is -2.49. The molecule has 3 heterocycles. The molecule has 2 saturated heterocycles. The maximum absolute atomic E-state index is 13.3. The lowest BCUT2D eigenvalue weighted by Gasteiger charge is -2.39. The third-order valence-corrected chi connectivity index (χ3v) is 8.59. The van der Waals surface area contributed by atoms with E-state index in [1.165, 1.54) is 4.90 Å². The molecule has 2 fully saturated rings. The number of ether oxygens (including phenoxy) is 3. The Kier molecular flexibility index (Phi) is 9.34. The monoisotopic (exact) mass is 646 g/mol. The van der Waals surface area contributed by atoms with Gasteiger partial charge in [0.1, 0.15) is 29.8 Å². The predicted octanol–water partition coefficient (Wildman–Crippen LogP) is 4.12. The summed E-state index contributed by atoms with van der Waals surface area (Å²) in [5, 5.41) is 20.5. The van der Waals surface area contributed by atoms with Crippen LogP contribution in [0.1, 0.15) is 35.2 Å². The first-order valence-corrected chi connectivity index (χ1v) is 14.6. The van der Waals surface area contributed by atoms with Crippen molar-refractivity contribution in [3.8, 4) is 17.2 Å². The van der Waals surface area contributed by atoms with Crippen molar-refractivity contribution < 1.29 is 47.2 Å². The Labute approximate surface area is 256 Å². The SMILES string of the molecule is O=C(c1cc(Cl)c(OC(=O)C(F)(F)F)cc1OC[C@@H](O)CN1CCC2(CC1)Cc1cc(Cl)ccc1O2)N1CC[C@@H](CO)C1. The summed E-state index contributed by atoms with van der Waals surface area (Å²) in [5.74, 6) is -3.11. The predicted molar refractivity (Wildman–Crippen MR) is 150 cm³/mol. The number of amides is 1. The van der Waals surface area contributed by atoms with E-state index in [1.807, 2.05) is 12.1 Å². The molecular weight excluding hydrogens is 616 g/mol. The number of carbonyl (C=O) groups excluding carboxylic acids is 2. The lowest BCUT2D eigenvalue weighted by atomic mass is 9.87. The number of likely N-dealkylation sites (tertiary alicyclic amines) is 2. The number of rotatable bonds is 8. The maximum Gasteiger partial charge on any atom is 0.491 e. The third kappa shape index (κ3) is 7.31. The molecule has 1 spiro atoms. The topological polar surface area (TPSA) is 109 Å². The number of alkyl halides is 3. The molecule has 0 aliphatic carbocycles. The number of nitrogens with zero attached hydrogens (tertiary/aromatic N) is 2. The average Bonchev–Trinajstić information content (AvgIpc) is 3.58. The number of aliphatic hydroxyl groups excluding tert-OH is 2. The van der Waals surface area contributed by atoms with E-state index in [9.17, 15) is 33.0 Å². The summed E-state index contributed by atoms with van der Waals surface area (Å²) in [7, 11) is 0. The number of carbonyl (C=O) groups is 2. The molecule has 5 rings (SSSR count).